The van der Waals surface area contributed by atoms with Gasteiger partial charge in [-0.3, -0.25) is 15.0 Å². The van der Waals surface area contributed by atoms with Crippen LogP contribution in [0.2, 0.25) is 0 Å². The van der Waals surface area contributed by atoms with Crippen LogP contribution in [0.4, 0.5) is 0 Å². The number of hydrogen-bond acceptors (Lipinski definition) is 5. The van der Waals surface area contributed by atoms with Gasteiger partial charge >= 0.3 is 7.12 Å². The van der Waals surface area contributed by atoms with E-state index in [9.17, 15) is 9.59 Å². The molecule has 29 heavy (non-hydrogen) atoms. The van der Waals surface area contributed by atoms with Gasteiger partial charge in [-0.2, -0.15) is 0 Å². The predicted octanol–water partition coefficient (Wildman–Crippen LogP) is 2.17. The standard InChI is InChI=1S/C13H21BN2O3.C9H10O/c1-9-8-10(14(18)19)6-7-11(9)12(17)15-16(5)13(2,3)4;1-7-3-8(2)5-9(4-7)6-10/h6-8,18-19H,1-5H3,(H,15,17);3-6H,1-2H3. The van der Waals surface area contributed by atoms with E-state index < -0.39 is 7.12 Å². The lowest BCUT2D eigenvalue weighted by molar-refractivity contribution is 0.0643. The van der Waals surface area contributed by atoms with E-state index in [2.05, 4.69) is 5.43 Å². The Hall–Kier alpha value is -2.48. The number of carbonyl (C=O) groups is 2. The van der Waals surface area contributed by atoms with Gasteiger partial charge in [0, 0.05) is 23.7 Å². The van der Waals surface area contributed by atoms with Crippen LogP contribution in [0, 0.1) is 20.8 Å². The monoisotopic (exact) mass is 398 g/mol. The van der Waals surface area contributed by atoms with E-state index >= 15 is 0 Å². The molecule has 0 unspecified atom stereocenters. The molecule has 0 saturated heterocycles. The zero-order valence-corrected chi connectivity index (χ0v) is 18.3. The summed E-state index contributed by atoms with van der Waals surface area (Å²) in [6.07, 6.45) is 0.875. The Morgan fingerprint density at radius 1 is 1.03 bits per heavy atom. The number of amides is 1. The first-order valence-electron chi connectivity index (χ1n) is 9.40. The molecule has 0 aliphatic rings. The average molecular weight is 398 g/mol. The third kappa shape index (κ3) is 7.81. The lowest BCUT2D eigenvalue weighted by atomic mass is 9.79. The fraction of sp³-hybridized carbons (Fsp3) is 0.364. The second-order valence-corrected chi connectivity index (χ2v) is 8.16. The van der Waals surface area contributed by atoms with Gasteiger partial charge in [-0.05, 0) is 70.8 Å². The molecular formula is C22H31BN2O4. The Bertz CT molecular complexity index is 840. The summed E-state index contributed by atoms with van der Waals surface area (Å²) in [5, 5.41) is 19.9. The van der Waals surface area contributed by atoms with Crippen molar-refractivity contribution in [3.8, 4) is 0 Å². The number of benzene rings is 2. The third-order valence-electron chi connectivity index (χ3n) is 4.45. The van der Waals surface area contributed by atoms with Crippen molar-refractivity contribution in [2.24, 2.45) is 0 Å². The van der Waals surface area contributed by atoms with Crippen LogP contribution >= 0.6 is 0 Å². The summed E-state index contributed by atoms with van der Waals surface area (Å²) in [6.45, 7) is 11.7. The van der Waals surface area contributed by atoms with Gasteiger partial charge in [0.25, 0.3) is 5.91 Å². The molecule has 0 aliphatic heterocycles. The van der Waals surface area contributed by atoms with E-state index in [-0.39, 0.29) is 11.4 Å². The van der Waals surface area contributed by atoms with Crippen molar-refractivity contribution in [1.29, 1.82) is 0 Å². The first kappa shape index (κ1) is 24.6. The van der Waals surface area contributed by atoms with Crippen LogP contribution < -0.4 is 10.9 Å². The summed E-state index contributed by atoms with van der Waals surface area (Å²) in [4.78, 5) is 22.4. The molecule has 156 valence electrons. The third-order valence-corrected chi connectivity index (χ3v) is 4.45. The fourth-order valence-electron chi connectivity index (χ4n) is 2.56. The minimum absolute atomic E-state index is 0.176. The molecule has 3 N–H and O–H groups in total. The highest BCUT2D eigenvalue weighted by Gasteiger charge is 2.21. The molecular weight excluding hydrogens is 367 g/mol. The van der Waals surface area contributed by atoms with E-state index in [0.717, 1.165) is 23.0 Å². The summed E-state index contributed by atoms with van der Waals surface area (Å²) >= 11 is 0. The van der Waals surface area contributed by atoms with Crippen molar-refractivity contribution >= 4 is 24.8 Å². The minimum Gasteiger partial charge on any atom is -0.423 e. The molecule has 0 heterocycles. The van der Waals surface area contributed by atoms with Crippen molar-refractivity contribution in [3.63, 3.8) is 0 Å². The highest BCUT2D eigenvalue weighted by molar-refractivity contribution is 6.58. The number of nitrogens with one attached hydrogen (secondary N) is 1. The van der Waals surface area contributed by atoms with Crippen molar-refractivity contribution in [2.45, 2.75) is 47.1 Å². The zero-order chi connectivity index (χ0) is 22.4. The predicted molar refractivity (Wildman–Crippen MR) is 117 cm³/mol. The number of hydrogen-bond donors (Lipinski definition) is 3. The van der Waals surface area contributed by atoms with Crippen molar-refractivity contribution < 1.29 is 19.6 Å². The van der Waals surface area contributed by atoms with E-state index in [0.29, 0.717) is 16.6 Å². The molecule has 2 rings (SSSR count). The number of aldehydes is 1. The van der Waals surface area contributed by atoms with Gasteiger partial charge in [0.2, 0.25) is 0 Å². The molecule has 0 aliphatic carbocycles. The highest BCUT2D eigenvalue weighted by Crippen LogP contribution is 2.10. The summed E-state index contributed by atoms with van der Waals surface area (Å²) in [7, 11) is 0.284. The van der Waals surface area contributed by atoms with E-state index in [1.165, 1.54) is 6.07 Å². The molecule has 6 nitrogen and oxygen atoms in total. The lowest BCUT2D eigenvalue weighted by Gasteiger charge is -2.32. The molecule has 0 spiro atoms. The van der Waals surface area contributed by atoms with Gasteiger partial charge < -0.3 is 10.0 Å². The molecule has 0 aromatic heterocycles. The van der Waals surface area contributed by atoms with Crippen LogP contribution in [-0.4, -0.2) is 47.0 Å². The fourth-order valence-corrected chi connectivity index (χ4v) is 2.56. The zero-order valence-electron chi connectivity index (χ0n) is 18.3. The number of hydrazine groups is 1. The summed E-state index contributed by atoms with van der Waals surface area (Å²) in [6, 6.07) is 10.5. The van der Waals surface area contributed by atoms with Crippen LogP contribution in [0.1, 0.15) is 58.2 Å². The van der Waals surface area contributed by atoms with Crippen LogP contribution in [0.15, 0.2) is 36.4 Å². The molecule has 0 bridgehead atoms. The van der Waals surface area contributed by atoms with E-state index in [1.807, 2.05) is 52.8 Å². The summed E-state index contributed by atoms with van der Waals surface area (Å²) < 4.78 is 0. The molecule has 1 amide bonds. The van der Waals surface area contributed by atoms with Gasteiger partial charge in [-0.15, -0.1) is 0 Å². The Kier molecular flexibility index (Phi) is 8.76. The first-order chi connectivity index (χ1) is 13.3. The van der Waals surface area contributed by atoms with E-state index in [1.54, 1.807) is 31.1 Å². The van der Waals surface area contributed by atoms with Crippen molar-refractivity contribution in [2.75, 3.05) is 7.05 Å². The van der Waals surface area contributed by atoms with Gasteiger partial charge in [-0.1, -0.05) is 29.3 Å². The second kappa shape index (κ2) is 10.3. The van der Waals surface area contributed by atoms with Crippen LogP contribution in [0.3, 0.4) is 0 Å². The number of aryl methyl sites for hydroxylation is 3. The smallest absolute Gasteiger partial charge is 0.423 e. The molecule has 0 saturated carbocycles. The normalized spacial score (nSPS) is 10.8. The van der Waals surface area contributed by atoms with Gasteiger partial charge in [0.1, 0.15) is 6.29 Å². The topological polar surface area (TPSA) is 89.9 Å². The number of nitrogens with zero attached hydrogens (tertiary/aromatic N) is 1. The van der Waals surface area contributed by atoms with E-state index in [4.69, 9.17) is 10.0 Å². The second-order valence-electron chi connectivity index (χ2n) is 8.16. The maximum Gasteiger partial charge on any atom is 0.488 e. The largest absolute Gasteiger partial charge is 0.488 e. The van der Waals surface area contributed by atoms with Gasteiger partial charge in [-0.25, -0.2) is 5.01 Å². The Labute approximate surface area is 173 Å². The maximum absolute atomic E-state index is 12.1. The molecule has 7 heteroatoms. The Morgan fingerprint density at radius 3 is 2.00 bits per heavy atom. The maximum atomic E-state index is 12.1. The molecule has 0 atom stereocenters. The van der Waals surface area contributed by atoms with Crippen LogP contribution in [0.25, 0.3) is 0 Å². The molecule has 2 aromatic rings. The van der Waals surface area contributed by atoms with Crippen molar-refractivity contribution in [1.82, 2.24) is 10.4 Å². The molecule has 0 radical (unpaired) electrons. The van der Waals surface area contributed by atoms with Crippen molar-refractivity contribution in [3.05, 3.63) is 64.2 Å². The van der Waals surface area contributed by atoms with Gasteiger partial charge in [0.05, 0.1) is 0 Å². The summed E-state index contributed by atoms with van der Waals surface area (Å²) in [5.41, 5.74) is 7.25. The van der Waals surface area contributed by atoms with Crippen LogP contribution in [0.5, 0.6) is 0 Å². The Morgan fingerprint density at radius 2 is 1.59 bits per heavy atom. The number of carbonyl (C=O) groups excluding carboxylic acids is 2. The minimum atomic E-state index is -1.52. The summed E-state index contributed by atoms with van der Waals surface area (Å²) in [5.74, 6) is -0.214. The average Bonchev–Trinajstić information content (AvgIpc) is 2.60. The van der Waals surface area contributed by atoms with Gasteiger partial charge in [0.15, 0.2) is 0 Å². The quantitative estimate of drug-likeness (QED) is 0.417. The lowest BCUT2D eigenvalue weighted by Crippen LogP contribution is -2.50. The number of rotatable bonds is 4. The highest BCUT2D eigenvalue weighted by atomic mass is 16.4. The first-order valence-corrected chi connectivity index (χ1v) is 9.40. The molecule has 0 fully saturated rings. The SMILES string of the molecule is Cc1cc(B(O)O)ccc1C(=O)NN(C)C(C)(C)C.Cc1cc(C)cc(C=O)c1. The molecule has 2 aromatic carbocycles. The Balaban J connectivity index is 0.000000352. The van der Waals surface area contributed by atoms with Crippen LogP contribution in [-0.2, 0) is 0 Å².